The number of pyridine rings is 1. The van der Waals surface area contributed by atoms with Gasteiger partial charge in [-0.25, -0.2) is 9.97 Å². The van der Waals surface area contributed by atoms with Crippen molar-refractivity contribution < 1.29 is 4.79 Å². The van der Waals surface area contributed by atoms with Crippen LogP contribution in [0.4, 0.5) is 11.5 Å². The lowest BCUT2D eigenvalue weighted by Gasteiger charge is -2.32. The highest BCUT2D eigenvalue weighted by Crippen LogP contribution is 2.29. The summed E-state index contributed by atoms with van der Waals surface area (Å²) in [4.78, 5) is 24.2. The van der Waals surface area contributed by atoms with Crippen LogP contribution in [0.15, 0.2) is 60.9 Å². The number of hydrogen-bond acceptors (Lipinski definition) is 4. The predicted molar refractivity (Wildman–Crippen MR) is 116 cm³/mol. The Morgan fingerprint density at radius 1 is 1.07 bits per heavy atom. The number of anilines is 2. The number of rotatable bonds is 3. The van der Waals surface area contributed by atoms with Crippen LogP contribution in [-0.4, -0.2) is 33.4 Å². The highest BCUT2D eigenvalue weighted by Gasteiger charge is 2.27. The molecular formula is C22H20ClN5O. The molecule has 3 aromatic heterocycles. The zero-order chi connectivity index (χ0) is 19.8. The first-order chi connectivity index (χ1) is 14.2. The Morgan fingerprint density at radius 3 is 2.72 bits per heavy atom. The van der Waals surface area contributed by atoms with Crippen LogP contribution in [0.2, 0.25) is 5.02 Å². The standard InChI is InChI=1S/C22H20ClN5O/c23-16-4-1-5-17(14-16)25-22(29)15-8-12-27(13-9-15)21-19-7-3-11-28(19)18-6-2-10-24-20(18)26-21/h1-7,10-11,14-15H,8-9,12-13H2,(H,25,29). The first kappa shape index (κ1) is 17.9. The second-order valence-corrected chi connectivity index (χ2v) is 7.74. The molecule has 4 aromatic rings. The smallest absolute Gasteiger partial charge is 0.227 e. The zero-order valence-corrected chi connectivity index (χ0v) is 16.5. The van der Waals surface area contributed by atoms with E-state index in [0.29, 0.717) is 5.02 Å². The fourth-order valence-corrected chi connectivity index (χ4v) is 4.18. The average Bonchev–Trinajstić information content (AvgIpc) is 3.24. The fourth-order valence-electron chi connectivity index (χ4n) is 3.99. The molecular weight excluding hydrogens is 386 g/mol. The number of amides is 1. The quantitative estimate of drug-likeness (QED) is 0.549. The molecule has 1 fully saturated rings. The van der Waals surface area contributed by atoms with Crippen LogP contribution in [0.3, 0.4) is 0 Å². The Hall–Kier alpha value is -3.12. The lowest BCUT2D eigenvalue weighted by molar-refractivity contribution is -0.120. The van der Waals surface area contributed by atoms with Crippen molar-refractivity contribution in [2.75, 3.05) is 23.3 Å². The molecule has 1 aliphatic rings. The van der Waals surface area contributed by atoms with E-state index in [9.17, 15) is 4.79 Å². The Kier molecular flexibility index (Phi) is 4.56. The lowest BCUT2D eigenvalue weighted by Crippen LogP contribution is -2.38. The van der Waals surface area contributed by atoms with Gasteiger partial charge in [0.25, 0.3) is 0 Å². The largest absolute Gasteiger partial charge is 0.355 e. The van der Waals surface area contributed by atoms with Gasteiger partial charge in [-0.2, -0.15) is 0 Å². The SMILES string of the molecule is O=C(Nc1cccc(Cl)c1)C1CCN(c2nc3ncccc3n3cccc23)CC1. The van der Waals surface area contributed by atoms with E-state index >= 15 is 0 Å². The lowest BCUT2D eigenvalue weighted by atomic mass is 9.95. The minimum atomic E-state index is -0.0216. The fraction of sp³-hybridized carbons (Fsp3) is 0.227. The maximum atomic E-state index is 12.7. The van der Waals surface area contributed by atoms with Crippen molar-refractivity contribution in [3.63, 3.8) is 0 Å². The maximum absolute atomic E-state index is 12.7. The summed E-state index contributed by atoms with van der Waals surface area (Å²) < 4.78 is 2.13. The van der Waals surface area contributed by atoms with Gasteiger partial charge in [0.05, 0.1) is 11.0 Å². The van der Waals surface area contributed by atoms with Crippen molar-refractivity contribution in [1.29, 1.82) is 0 Å². The minimum absolute atomic E-state index is 0.0216. The Bertz CT molecular complexity index is 1200. The van der Waals surface area contributed by atoms with Gasteiger partial charge in [0.1, 0.15) is 0 Å². The number of fused-ring (bicyclic) bond motifs is 3. The summed E-state index contributed by atoms with van der Waals surface area (Å²) in [5.74, 6) is 0.953. The number of halogens is 1. The van der Waals surface area contributed by atoms with Crippen LogP contribution < -0.4 is 10.2 Å². The molecule has 4 heterocycles. The summed E-state index contributed by atoms with van der Waals surface area (Å²) in [5, 5.41) is 3.60. The van der Waals surface area contributed by atoms with Crippen molar-refractivity contribution in [1.82, 2.24) is 14.4 Å². The Morgan fingerprint density at radius 2 is 1.90 bits per heavy atom. The van der Waals surface area contributed by atoms with Crippen molar-refractivity contribution in [3.05, 3.63) is 65.9 Å². The van der Waals surface area contributed by atoms with Crippen LogP contribution in [0, 0.1) is 5.92 Å². The first-order valence-corrected chi connectivity index (χ1v) is 10.1. The van der Waals surface area contributed by atoms with Crippen LogP contribution in [0.5, 0.6) is 0 Å². The number of piperidine rings is 1. The van der Waals surface area contributed by atoms with E-state index in [4.69, 9.17) is 16.6 Å². The van der Waals surface area contributed by atoms with Crippen LogP contribution in [0.1, 0.15) is 12.8 Å². The first-order valence-electron chi connectivity index (χ1n) is 9.72. The second-order valence-electron chi connectivity index (χ2n) is 7.31. The van der Waals surface area contributed by atoms with E-state index in [1.165, 1.54) is 0 Å². The highest BCUT2D eigenvalue weighted by atomic mass is 35.5. The summed E-state index contributed by atoms with van der Waals surface area (Å²) in [5.41, 5.74) is 3.52. The van der Waals surface area contributed by atoms with Crippen LogP contribution >= 0.6 is 11.6 Å². The van der Waals surface area contributed by atoms with Crippen LogP contribution in [-0.2, 0) is 4.79 Å². The third-order valence-electron chi connectivity index (χ3n) is 5.47. The maximum Gasteiger partial charge on any atom is 0.227 e. The van der Waals surface area contributed by atoms with Crippen molar-refractivity contribution in [2.24, 2.45) is 5.92 Å². The molecule has 0 aliphatic carbocycles. The summed E-state index contributed by atoms with van der Waals surface area (Å²) in [6, 6.07) is 15.3. The normalized spacial score (nSPS) is 15.1. The number of hydrogen-bond donors (Lipinski definition) is 1. The zero-order valence-electron chi connectivity index (χ0n) is 15.8. The van der Waals surface area contributed by atoms with E-state index in [-0.39, 0.29) is 11.8 Å². The number of carbonyl (C=O) groups is 1. The number of carbonyl (C=O) groups excluding carboxylic acids is 1. The van der Waals surface area contributed by atoms with Gasteiger partial charge in [-0.3, -0.25) is 4.79 Å². The van der Waals surface area contributed by atoms with E-state index in [1.54, 1.807) is 18.3 Å². The van der Waals surface area contributed by atoms with Gasteiger partial charge in [-0.05, 0) is 55.3 Å². The summed E-state index contributed by atoms with van der Waals surface area (Å²) in [6.07, 6.45) is 5.36. The van der Waals surface area contributed by atoms with E-state index < -0.39 is 0 Å². The predicted octanol–water partition coefficient (Wildman–Crippen LogP) is 4.39. The minimum Gasteiger partial charge on any atom is -0.355 e. The van der Waals surface area contributed by atoms with Gasteiger partial charge in [-0.1, -0.05) is 17.7 Å². The molecule has 1 aliphatic heterocycles. The summed E-state index contributed by atoms with van der Waals surface area (Å²) >= 11 is 6.01. The number of nitrogens with one attached hydrogen (secondary N) is 1. The topological polar surface area (TPSA) is 62.5 Å². The summed E-state index contributed by atoms with van der Waals surface area (Å²) in [7, 11) is 0. The molecule has 0 spiro atoms. The molecule has 6 nitrogen and oxygen atoms in total. The molecule has 7 heteroatoms. The Labute approximate surface area is 173 Å². The molecule has 0 bridgehead atoms. The molecule has 1 amide bonds. The van der Waals surface area contributed by atoms with Gasteiger partial charge in [-0.15, -0.1) is 0 Å². The van der Waals surface area contributed by atoms with Gasteiger partial charge in [0, 0.05) is 42.1 Å². The van der Waals surface area contributed by atoms with Gasteiger partial charge in [0.2, 0.25) is 5.91 Å². The molecule has 5 rings (SSSR count). The second kappa shape index (κ2) is 7.37. The molecule has 0 unspecified atom stereocenters. The van der Waals surface area contributed by atoms with Crippen molar-refractivity contribution in [3.8, 4) is 0 Å². The monoisotopic (exact) mass is 405 g/mol. The third kappa shape index (κ3) is 3.40. The van der Waals surface area contributed by atoms with Gasteiger partial charge < -0.3 is 14.6 Å². The molecule has 146 valence electrons. The van der Waals surface area contributed by atoms with E-state index in [2.05, 4.69) is 25.7 Å². The highest BCUT2D eigenvalue weighted by molar-refractivity contribution is 6.30. The van der Waals surface area contributed by atoms with Crippen LogP contribution in [0.25, 0.3) is 16.7 Å². The number of benzene rings is 1. The third-order valence-corrected chi connectivity index (χ3v) is 5.71. The molecule has 0 atom stereocenters. The van der Waals surface area contributed by atoms with E-state index in [0.717, 1.165) is 54.1 Å². The number of nitrogens with zero attached hydrogens (tertiary/aromatic N) is 4. The molecule has 1 saturated heterocycles. The molecule has 0 saturated carbocycles. The van der Waals surface area contributed by atoms with Gasteiger partial charge in [0.15, 0.2) is 11.5 Å². The average molecular weight is 406 g/mol. The summed E-state index contributed by atoms with van der Waals surface area (Å²) in [6.45, 7) is 1.56. The van der Waals surface area contributed by atoms with E-state index in [1.807, 2.05) is 36.5 Å². The van der Waals surface area contributed by atoms with Crippen molar-refractivity contribution in [2.45, 2.75) is 12.8 Å². The Balaban J connectivity index is 1.34. The molecule has 0 radical (unpaired) electrons. The molecule has 1 aromatic carbocycles. The van der Waals surface area contributed by atoms with Crippen molar-refractivity contribution >= 4 is 45.7 Å². The molecule has 1 N–H and O–H groups in total. The van der Waals surface area contributed by atoms with Gasteiger partial charge >= 0.3 is 0 Å². The molecule has 29 heavy (non-hydrogen) atoms. The number of aromatic nitrogens is 3.